The van der Waals surface area contributed by atoms with Gasteiger partial charge in [-0.3, -0.25) is 10.1 Å². The molecule has 1 aliphatic rings. The highest BCUT2D eigenvalue weighted by Crippen LogP contribution is 2.23. The van der Waals surface area contributed by atoms with Gasteiger partial charge in [0.1, 0.15) is 0 Å². The van der Waals surface area contributed by atoms with E-state index in [2.05, 4.69) is 52.8 Å². The summed E-state index contributed by atoms with van der Waals surface area (Å²) in [4.78, 5) is 16.8. The van der Waals surface area contributed by atoms with Crippen molar-refractivity contribution in [2.75, 3.05) is 18.4 Å². The summed E-state index contributed by atoms with van der Waals surface area (Å²) >= 11 is 0. The molecule has 1 saturated heterocycles. The fourth-order valence-corrected chi connectivity index (χ4v) is 3.42. The van der Waals surface area contributed by atoms with Crippen LogP contribution in [0, 0.1) is 13.8 Å². The molecule has 2 aromatic rings. The molecule has 0 atom stereocenters. The Hall–Kier alpha value is -1.92. The van der Waals surface area contributed by atoms with Crippen molar-refractivity contribution in [2.24, 2.45) is 7.05 Å². The molecule has 3 rings (SSSR count). The van der Waals surface area contributed by atoms with Crippen LogP contribution < -0.4 is 10.6 Å². The third kappa shape index (κ3) is 5.29. The van der Waals surface area contributed by atoms with Crippen molar-refractivity contribution in [1.29, 1.82) is 0 Å². The van der Waals surface area contributed by atoms with Crippen LogP contribution in [0.5, 0.6) is 0 Å². The maximum atomic E-state index is 12.3. The summed E-state index contributed by atoms with van der Waals surface area (Å²) in [5.74, 6) is 1.74. The van der Waals surface area contributed by atoms with Gasteiger partial charge in [0.05, 0.1) is 0 Å². The number of nitrogens with one attached hydrogen (secondary N) is 2. The molecule has 1 fully saturated rings. The molecule has 7 heteroatoms. The standard InChI is InChI=1S/C19H27N5O.ClH/c1-13-10-14(2)12-15(11-13)4-5-17(25)21-19-22-18(23-24(19)3)16-6-8-20-9-7-16;/h10-12,16,20H,4-9H2,1-3H3,(H,21,22,23,25);1H. The lowest BCUT2D eigenvalue weighted by Gasteiger charge is -2.19. The first kappa shape index (κ1) is 20.4. The second-order valence-corrected chi connectivity index (χ2v) is 6.99. The topological polar surface area (TPSA) is 71.8 Å². The molecule has 0 aliphatic carbocycles. The quantitative estimate of drug-likeness (QED) is 0.840. The van der Waals surface area contributed by atoms with Gasteiger partial charge in [-0.15, -0.1) is 12.4 Å². The Morgan fingerprint density at radius 3 is 2.54 bits per heavy atom. The highest BCUT2D eigenvalue weighted by molar-refractivity contribution is 5.89. The number of aryl methyl sites for hydroxylation is 4. The number of carbonyl (C=O) groups is 1. The lowest BCUT2D eigenvalue weighted by molar-refractivity contribution is -0.116. The van der Waals surface area contributed by atoms with Crippen LogP contribution in [0.1, 0.15) is 47.7 Å². The molecule has 0 radical (unpaired) electrons. The van der Waals surface area contributed by atoms with Crippen molar-refractivity contribution in [2.45, 2.75) is 45.4 Å². The minimum atomic E-state index is -0.0217. The second-order valence-electron chi connectivity index (χ2n) is 6.99. The van der Waals surface area contributed by atoms with E-state index in [1.165, 1.54) is 16.7 Å². The molecule has 0 bridgehead atoms. The predicted molar refractivity (Wildman–Crippen MR) is 106 cm³/mol. The van der Waals surface area contributed by atoms with Crippen LogP contribution in [0.2, 0.25) is 0 Å². The van der Waals surface area contributed by atoms with E-state index in [1.54, 1.807) is 4.68 Å². The van der Waals surface area contributed by atoms with Crippen LogP contribution in [0.25, 0.3) is 0 Å². The van der Waals surface area contributed by atoms with Crippen LogP contribution in [0.4, 0.5) is 5.95 Å². The number of halogens is 1. The van der Waals surface area contributed by atoms with Crippen molar-refractivity contribution >= 4 is 24.3 Å². The number of anilines is 1. The SMILES string of the molecule is Cc1cc(C)cc(CCC(=O)Nc2nc(C3CCNCC3)nn2C)c1.Cl. The monoisotopic (exact) mass is 377 g/mol. The van der Waals surface area contributed by atoms with Gasteiger partial charge in [0.15, 0.2) is 5.82 Å². The number of nitrogens with zero attached hydrogens (tertiary/aromatic N) is 3. The third-order valence-electron chi connectivity index (χ3n) is 4.66. The maximum absolute atomic E-state index is 12.3. The van der Waals surface area contributed by atoms with Gasteiger partial charge in [-0.1, -0.05) is 29.3 Å². The Bertz CT molecular complexity index is 732. The van der Waals surface area contributed by atoms with Gasteiger partial charge in [0.25, 0.3) is 0 Å². The number of aromatic nitrogens is 3. The highest BCUT2D eigenvalue weighted by Gasteiger charge is 2.21. The van der Waals surface area contributed by atoms with Gasteiger partial charge >= 0.3 is 0 Å². The summed E-state index contributed by atoms with van der Waals surface area (Å²) in [7, 11) is 1.83. The molecular weight excluding hydrogens is 350 g/mol. The Morgan fingerprint density at radius 1 is 1.23 bits per heavy atom. The van der Waals surface area contributed by atoms with Crippen molar-refractivity contribution in [3.63, 3.8) is 0 Å². The highest BCUT2D eigenvalue weighted by atomic mass is 35.5. The Morgan fingerprint density at radius 2 is 1.88 bits per heavy atom. The second kappa shape index (κ2) is 9.14. The van der Waals surface area contributed by atoms with E-state index < -0.39 is 0 Å². The van der Waals surface area contributed by atoms with Gasteiger partial charge in [-0.25, -0.2) is 4.68 Å². The first-order valence-corrected chi connectivity index (χ1v) is 9.00. The summed E-state index contributed by atoms with van der Waals surface area (Å²) in [6.45, 7) is 6.16. The normalized spacial score (nSPS) is 14.7. The molecule has 1 amide bonds. The van der Waals surface area contributed by atoms with Crippen molar-refractivity contribution in [1.82, 2.24) is 20.1 Å². The number of benzene rings is 1. The number of rotatable bonds is 5. The average molecular weight is 378 g/mol. The zero-order valence-corrected chi connectivity index (χ0v) is 16.5. The smallest absolute Gasteiger partial charge is 0.227 e. The van der Waals surface area contributed by atoms with E-state index in [4.69, 9.17) is 0 Å². The predicted octanol–water partition coefficient (Wildman–Crippen LogP) is 2.89. The summed E-state index contributed by atoms with van der Waals surface area (Å²) < 4.78 is 1.67. The van der Waals surface area contributed by atoms with Crippen LogP contribution in [-0.2, 0) is 18.3 Å². The summed E-state index contributed by atoms with van der Waals surface area (Å²) in [6.07, 6.45) is 3.26. The fourth-order valence-electron chi connectivity index (χ4n) is 3.42. The van der Waals surface area contributed by atoms with E-state index in [0.717, 1.165) is 38.2 Å². The Kier molecular flexibility index (Phi) is 7.17. The van der Waals surface area contributed by atoms with Crippen LogP contribution in [0.15, 0.2) is 18.2 Å². The summed E-state index contributed by atoms with van der Waals surface area (Å²) in [6, 6.07) is 6.42. The van der Waals surface area contributed by atoms with Crippen molar-refractivity contribution in [3.8, 4) is 0 Å². The molecule has 0 spiro atoms. The van der Waals surface area contributed by atoms with E-state index in [9.17, 15) is 4.79 Å². The molecule has 1 aromatic heterocycles. The number of hydrogen-bond donors (Lipinski definition) is 2. The van der Waals surface area contributed by atoms with Gasteiger partial charge in [0, 0.05) is 19.4 Å². The number of piperidine rings is 1. The molecule has 1 aromatic carbocycles. The van der Waals surface area contributed by atoms with Gasteiger partial charge in [-0.05, 0) is 51.8 Å². The summed E-state index contributed by atoms with van der Waals surface area (Å²) in [5.41, 5.74) is 3.66. The van der Waals surface area contributed by atoms with Crippen LogP contribution in [0.3, 0.4) is 0 Å². The van der Waals surface area contributed by atoms with E-state index in [-0.39, 0.29) is 18.3 Å². The molecule has 142 valence electrons. The molecule has 2 heterocycles. The third-order valence-corrected chi connectivity index (χ3v) is 4.66. The molecular formula is C19H28ClN5O. The van der Waals surface area contributed by atoms with Gasteiger partial charge in [0.2, 0.25) is 11.9 Å². The molecule has 0 unspecified atom stereocenters. The van der Waals surface area contributed by atoms with Crippen molar-refractivity contribution < 1.29 is 4.79 Å². The Balaban J connectivity index is 0.00000243. The number of hydrogen-bond acceptors (Lipinski definition) is 4. The zero-order chi connectivity index (χ0) is 17.8. The lowest BCUT2D eigenvalue weighted by atomic mass is 9.98. The molecule has 26 heavy (non-hydrogen) atoms. The van der Waals surface area contributed by atoms with Crippen molar-refractivity contribution in [3.05, 3.63) is 40.7 Å². The molecule has 6 nitrogen and oxygen atoms in total. The lowest BCUT2D eigenvalue weighted by Crippen LogP contribution is -2.27. The minimum Gasteiger partial charge on any atom is -0.317 e. The van der Waals surface area contributed by atoms with E-state index in [1.807, 2.05) is 7.05 Å². The van der Waals surface area contributed by atoms with E-state index >= 15 is 0 Å². The number of carbonyl (C=O) groups excluding carboxylic acids is 1. The number of amides is 1. The first-order valence-electron chi connectivity index (χ1n) is 9.00. The first-order chi connectivity index (χ1) is 12.0. The van der Waals surface area contributed by atoms with Gasteiger partial charge in [-0.2, -0.15) is 10.1 Å². The van der Waals surface area contributed by atoms with E-state index in [0.29, 0.717) is 18.3 Å². The largest absolute Gasteiger partial charge is 0.317 e. The zero-order valence-electron chi connectivity index (χ0n) is 15.7. The van der Waals surface area contributed by atoms with Crippen LogP contribution >= 0.6 is 12.4 Å². The Labute approximate surface area is 161 Å². The molecule has 1 aliphatic heterocycles. The molecule has 0 saturated carbocycles. The average Bonchev–Trinajstić information content (AvgIpc) is 2.94. The maximum Gasteiger partial charge on any atom is 0.227 e. The van der Waals surface area contributed by atoms with Gasteiger partial charge < -0.3 is 5.32 Å². The summed E-state index contributed by atoms with van der Waals surface area (Å²) in [5, 5.41) is 10.7. The minimum absolute atomic E-state index is 0. The van der Waals surface area contributed by atoms with Crippen LogP contribution in [-0.4, -0.2) is 33.8 Å². The molecule has 2 N–H and O–H groups in total. The fraction of sp³-hybridized carbons (Fsp3) is 0.526.